The number of terminal acetylenes is 1. The van der Waals surface area contributed by atoms with Gasteiger partial charge in [-0.05, 0) is 26.3 Å². The minimum Gasteiger partial charge on any atom is -0.327 e. The molecule has 1 rings (SSSR count). The number of piperidine rings is 1. The predicted molar refractivity (Wildman–Crippen MR) is 56.3 cm³/mol. The summed E-state index contributed by atoms with van der Waals surface area (Å²) < 4.78 is 0. The molecular weight excluding hydrogens is 160 g/mol. The molecule has 0 aromatic carbocycles. The van der Waals surface area contributed by atoms with Crippen molar-refractivity contribution >= 4 is 0 Å². The minimum atomic E-state index is 0.276. The Labute approximate surface area is 81.5 Å². The summed E-state index contributed by atoms with van der Waals surface area (Å²) in [6, 6.07) is 0.833. The highest BCUT2D eigenvalue weighted by Crippen LogP contribution is 2.18. The quantitative estimate of drug-likeness (QED) is 0.662. The van der Waals surface area contributed by atoms with E-state index >= 15 is 0 Å². The van der Waals surface area contributed by atoms with Gasteiger partial charge in [0, 0.05) is 25.0 Å². The van der Waals surface area contributed by atoms with Crippen LogP contribution in [0.5, 0.6) is 0 Å². The lowest BCUT2D eigenvalue weighted by Crippen LogP contribution is -2.49. The van der Waals surface area contributed by atoms with Crippen molar-refractivity contribution in [2.75, 3.05) is 13.1 Å². The standard InChI is InChI=1S/C11H20N2/c1-3-4-8-13-9-6-5-7-11(13)10(2)12/h1,10-11H,4-9,12H2,2H3. The second-order valence-corrected chi connectivity index (χ2v) is 3.91. The van der Waals surface area contributed by atoms with Gasteiger partial charge in [-0.3, -0.25) is 4.90 Å². The summed E-state index contributed by atoms with van der Waals surface area (Å²) in [7, 11) is 0. The highest BCUT2D eigenvalue weighted by Gasteiger charge is 2.24. The number of nitrogens with two attached hydrogens (primary N) is 1. The minimum absolute atomic E-state index is 0.276. The van der Waals surface area contributed by atoms with E-state index in [9.17, 15) is 0 Å². The van der Waals surface area contributed by atoms with E-state index in [0.29, 0.717) is 6.04 Å². The largest absolute Gasteiger partial charge is 0.327 e. The van der Waals surface area contributed by atoms with Crippen molar-refractivity contribution in [1.29, 1.82) is 0 Å². The third kappa shape index (κ3) is 3.02. The molecule has 2 N–H and O–H groups in total. The summed E-state index contributed by atoms with van der Waals surface area (Å²) in [4.78, 5) is 2.45. The number of hydrogen-bond acceptors (Lipinski definition) is 2. The van der Waals surface area contributed by atoms with Gasteiger partial charge in [0.2, 0.25) is 0 Å². The molecular formula is C11H20N2. The van der Waals surface area contributed by atoms with Crippen molar-refractivity contribution in [2.45, 2.75) is 44.7 Å². The third-order valence-corrected chi connectivity index (χ3v) is 2.81. The second-order valence-electron chi connectivity index (χ2n) is 3.91. The fourth-order valence-corrected chi connectivity index (χ4v) is 2.10. The van der Waals surface area contributed by atoms with Gasteiger partial charge in [0.05, 0.1) is 0 Å². The molecule has 0 saturated carbocycles. The zero-order chi connectivity index (χ0) is 9.68. The fourth-order valence-electron chi connectivity index (χ4n) is 2.10. The van der Waals surface area contributed by atoms with Crippen LogP contribution in [0.2, 0.25) is 0 Å². The van der Waals surface area contributed by atoms with Crippen molar-refractivity contribution in [3.63, 3.8) is 0 Å². The van der Waals surface area contributed by atoms with Crippen molar-refractivity contribution in [2.24, 2.45) is 5.73 Å². The van der Waals surface area contributed by atoms with Crippen LogP contribution >= 0.6 is 0 Å². The van der Waals surface area contributed by atoms with Gasteiger partial charge in [-0.2, -0.15) is 0 Å². The lowest BCUT2D eigenvalue weighted by molar-refractivity contribution is 0.134. The lowest BCUT2D eigenvalue weighted by Gasteiger charge is -2.37. The molecule has 1 heterocycles. The first-order valence-electron chi connectivity index (χ1n) is 5.19. The zero-order valence-electron chi connectivity index (χ0n) is 8.50. The highest BCUT2D eigenvalue weighted by atomic mass is 15.2. The molecule has 0 bridgehead atoms. The van der Waals surface area contributed by atoms with Crippen LogP contribution in [0.3, 0.4) is 0 Å². The lowest BCUT2D eigenvalue weighted by atomic mass is 9.97. The first kappa shape index (κ1) is 10.6. The van der Waals surface area contributed by atoms with Crippen LogP contribution in [0.15, 0.2) is 0 Å². The van der Waals surface area contributed by atoms with Crippen LogP contribution in [0.25, 0.3) is 0 Å². The van der Waals surface area contributed by atoms with E-state index in [0.717, 1.165) is 13.0 Å². The van der Waals surface area contributed by atoms with Gasteiger partial charge < -0.3 is 5.73 Å². The average molecular weight is 180 g/mol. The number of hydrogen-bond donors (Lipinski definition) is 1. The van der Waals surface area contributed by atoms with Crippen molar-refractivity contribution < 1.29 is 0 Å². The molecule has 2 nitrogen and oxygen atoms in total. The molecule has 2 atom stereocenters. The summed E-state index contributed by atoms with van der Waals surface area (Å²) >= 11 is 0. The van der Waals surface area contributed by atoms with Gasteiger partial charge >= 0.3 is 0 Å². The molecule has 0 aromatic rings. The van der Waals surface area contributed by atoms with Crippen molar-refractivity contribution in [3.8, 4) is 12.3 Å². The Bertz CT molecular complexity index is 181. The van der Waals surface area contributed by atoms with E-state index in [1.54, 1.807) is 0 Å². The molecule has 0 spiro atoms. The van der Waals surface area contributed by atoms with Crippen LogP contribution < -0.4 is 5.73 Å². The number of likely N-dealkylation sites (tertiary alicyclic amines) is 1. The maximum Gasteiger partial charge on any atom is 0.0244 e. The maximum atomic E-state index is 5.94. The van der Waals surface area contributed by atoms with E-state index in [2.05, 4.69) is 17.7 Å². The Morgan fingerprint density at radius 1 is 1.62 bits per heavy atom. The molecule has 2 heteroatoms. The van der Waals surface area contributed by atoms with E-state index in [1.807, 2.05) is 0 Å². The number of rotatable bonds is 3. The van der Waals surface area contributed by atoms with Crippen LogP contribution in [-0.4, -0.2) is 30.1 Å². The van der Waals surface area contributed by atoms with Crippen LogP contribution in [0.4, 0.5) is 0 Å². The zero-order valence-corrected chi connectivity index (χ0v) is 8.50. The Kier molecular flexibility index (Phi) is 4.27. The van der Waals surface area contributed by atoms with E-state index in [-0.39, 0.29) is 6.04 Å². The molecule has 1 fully saturated rings. The summed E-state index contributed by atoms with van der Waals surface area (Å²) in [5, 5.41) is 0. The van der Waals surface area contributed by atoms with E-state index in [1.165, 1.54) is 25.8 Å². The van der Waals surface area contributed by atoms with Gasteiger partial charge in [0.15, 0.2) is 0 Å². The summed E-state index contributed by atoms with van der Waals surface area (Å²) in [6.07, 6.45) is 9.97. The summed E-state index contributed by atoms with van der Waals surface area (Å²) in [6.45, 7) is 4.29. The fraction of sp³-hybridized carbons (Fsp3) is 0.818. The van der Waals surface area contributed by atoms with Gasteiger partial charge in [-0.25, -0.2) is 0 Å². The molecule has 2 unspecified atom stereocenters. The summed E-state index contributed by atoms with van der Waals surface area (Å²) in [5.41, 5.74) is 5.94. The molecule has 1 aliphatic rings. The topological polar surface area (TPSA) is 29.3 Å². The van der Waals surface area contributed by atoms with Crippen molar-refractivity contribution in [1.82, 2.24) is 4.90 Å². The maximum absolute atomic E-state index is 5.94. The smallest absolute Gasteiger partial charge is 0.0244 e. The Morgan fingerprint density at radius 3 is 3.00 bits per heavy atom. The Morgan fingerprint density at radius 2 is 2.38 bits per heavy atom. The molecule has 1 aliphatic heterocycles. The molecule has 0 aliphatic carbocycles. The normalized spacial score (nSPS) is 26.7. The molecule has 1 saturated heterocycles. The van der Waals surface area contributed by atoms with E-state index in [4.69, 9.17) is 12.2 Å². The third-order valence-electron chi connectivity index (χ3n) is 2.81. The van der Waals surface area contributed by atoms with Gasteiger partial charge in [0.1, 0.15) is 0 Å². The highest BCUT2D eigenvalue weighted by molar-refractivity contribution is 4.89. The average Bonchev–Trinajstić information content (AvgIpc) is 2.15. The van der Waals surface area contributed by atoms with Gasteiger partial charge in [-0.15, -0.1) is 12.3 Å². The molecule has 0 radical (unpaired) electrons. The molecule has 74 valence electrons. The monoisotopic (exact) mass is 180 g/mol. The van der Waals surface area contributed by atoms with E-state index < -0.39 is 0 Å². The summed E-state index contributed by atoms with van der Waals surface area (Å²) in [5.74, 6) is 2.69. The van der Waals surface area contributed by atoms with Crippen molar-refractivity contribution in [3.05, 3.63) is 0 Å². The van der Waals surface area contributed by atoms with Crippen LogP contribution in [0, 0.1) is 12.3 Å². The van der Waals surface area contributed by atoms with Gasteiger partial charge in [-0.1, -0.05) is 6.42 Å². The second kappa shape index (κ2) is 5.26. The van der Waals surface area contributed by atoms with Crippen LogP contribution in [0.1, 0.15) is 32.6 Å². The first-order valence-corrected chi connectivity index (χ1v) is 5.19. The SMILES string of the molecule is C#CCCN1CCCCC1C(C)N. The molecule has 0 aromatic heterocycles. The first-order chi connectivity index (χ1) is 6.25. The van der Waals surface area contributed by atoms with Crippen LogP contribution in [-0.2, 0) is 0 Å². The predicted octanol–water partition coefficient (Wildman–Crippen LogP) is 1.21. The Hall–Kier alpha value is -0.520. The number of nitrogens with zero attached hydrogens (tertiary/aromatic N) is 1. The van der Waals surface area contributed by atoms with Gasteiger partial charge in [0.25, 0.3) is 0 Å². The Balaban J connectivity index is 2.42. The molecule has 13 heavy (non-hydrogen) atoms. The molecule has 0 amide bonds.